The van der Waals surface area contributed by atoms with Crippen molar-refractivity contribution < 1.29 is 4.74 Å². The number of nitrogens with zero attached hydrogens (tertiary/aromatic N) is 2. The molecule has 0 spiro atoms. The van der Waals surface area contributed by atoms with Crippen LogP contribution in [0.25, 0.3) is 16.2 Å². The van der Waals surface area contributed by atoms with Crippen LogP contribution in [0.1, 0.15) is 36.7 Å². The molecule has 3 rings (SSSR count). The zero-order valence-corrected chi connectivity index (χ0v) is 14.9. The summed E-state index contributed by atoms with van der Waals surface area (Å²) >= 11 is 1.68. The molecule has 0 aliphatic carbocycles. The summed E-state index contributed by atoms with van der Waals surface area (Å²) in [5, 5.41) is 2.17. The number of aromatic nitrogens is 2. The van der Waals surface area contributed by atoms with Crippen molar-refractivity contribution >= 4 is 16.3 Å². The third-order valence-corrected chi connectivity index (χ3v) is 4.93. The molecule has 2 heterocycles. The highest BCUT2D eigenvalue weighted by molar-refractivity contribution is 7.15. The normalized spacial score (nSPS) is 11.6. The Bertz CT molecular complexity index is 832. The fourth-order valence-corrected chi connectivity index (χ4v) is 3.93. The SMILES string of the molecule is COc1ccc(-c2csc3nc(C(C)C)c(CCN)n23)cc1C. The second kappa shape index (κ2) is 6.34. The number of imidazole rings is 1. The van der Waals surface area contributed by atoms with E-state index in [0.717, 1.165) is 28.4 Å². The van der Waals surface area contributed by atoms with E-state index in [1.54, 1.807) is 18.4 Å². The molecule has 1 aromatic carbocycles. The minimum atomic E-state index is 0.397. The largest absolute Gasteiger partial charge is 0.496 e. The molecule has 0 saturated carbocycles. The summed E-state index contributed by atoms with van der Waals surface area (Å²) in [6.45, 7) is 7.07. The molecule has 0 fully saturated rings. The van der Waals surface area contributed by atoms with Gasteiger partial charge >= 0.3 is 0 Å². The molecule has 0 amide bonds. The van der Waals surface area contributed by atoms with Gasteiger partial charge in [0.05, 0.1) is 18.5 Å². The van der Waals surface area contributed by atoms with Crippen molar-refractivity contribution in [2.45, 2.75) is 33.1 Å². The molecule has 23 heavy (non-hydrogen) atoms. The topological polar surface area (TPSA) is 52.5 Å². The van der Waals surface area contributed by atoms with Crippen molar-refractivity contribution in [3.63, 3.8) is 0 Å². The van der Waals surface area contributed by atoms with E-state index in [-0.39, 0.29) is 0 Å². The Labute approximate surface area is 140 Å². The lowest BCUT2D eigenvalue weighted by Gasteiger charge is -2.10. The van der Waals surface area contributed by atoms with E-state index in [0.29, 0.717) is 12.5 Å². The number of methoxy groups -OCH3 is 1. The summed E-state index contributed by atoms with van der Waals surface area (Å²) in [5.74, 6) is 1.31. The van der Waals surface area contributed by atoms with Gasteiger partial charge in [-0.05, 0) is 48.7 Å². The summed E-state index contributed by atoms with van der Waals surface area (Å²) in [4.78, 5) is 5.88. The van der Waals surface area contributed by atoms with E-state index < -0.39 is 0 Å². The molecule has 122 valence electrons. The summed E-state index contributed by atoms with van der Waals surface area (Å²) < 4.78 is 7.64. The lowest BCUT2D eigenvalue weighted by Crippen LogP contribution is -2.08. The van der Waals surface area contributed by atoms with Gasteiger partial charge in [-0.3, -0.25) is 4.40 Å². The van der Waals surface area contributed by atoms with E-state index in [1.807, 2.05) is 6.07 Å². The van der Waals surface area contributed by atoms with Gasteiger partial charge in [-0.2, -0.15) is 0 Å². The Morgan fingerprint density at radius 1 is 1.35 bits per heavy atom. The first-order chi connectivity index (χ1) is 11.1. The summed E-state index contributed by atoms with van der Waals surface area (Å²) in [6.07, 6.45) is 0.841. The predicted molar refractivity (Wildman–Crippen MR) is 96.6 cm³/mol. The van der Waals surface area contributed by atoms with Crippen LogP contribution in [0, 0.1) is 6.92 Å². The zero-order valence-electron chi connectivity index (χ0n) is 14.1. The number of hydrogen-bond donors (Lipinski definition) is 1. The zero-order chi connectivity index (χ0) is 16.6. The van der Waals surface area contributed by atoms with Crippen LogP contribution in [0.15, 0.2) is 23.6 Å². The molecule has 0 saturated heterocycles. The highest BCUT2D eigenvalue weighted by Crippen LogP contribution is 2.33. The van der Waals surface area contributed by atoms with E-state index in [4.69, 9.17) is 15.5 Å². The van der Waals surface area contributed by atoms with Crippen LogP contribution in [-0.4, -0.2) is 23.0 Å². The molecule has 0 aliphatic heterocycles. The maximum absolute atomic E-state index is 5.85. The summed E-state index contributed by atoms with van der Waals surface area (Å²) in [7, 11) is 1.70. The smallest absolute Gasteiger partial charge is 0.194 e. The van der Waals surface area contributed by atoms with Gasteiger partial charge in [0, 0.05) is 17.5 Å². The molecule has 2 aromatic heterocycles. The van der Waals surface area contributed by atoms with Gasteiger partial charge in [0.1, 0.15) is 5.75 Å². The predicted octanol–water partition coefficient (Wildman–Crippen LogP) is 4.00. The Morgan fingerprint density at radius 2 is 2.13 bits per heavy atom. The van der Waals surface area contributed by atoms with Crippen LogP contribution in [0.4, 0.5) is 0 Å². The molecular formula is C18H23N3OS. The molecule has 4 nitrogen and oxygen atoms in total. The van der Waals surface area contributed by atoms with E-state index in [1.165, 1.54) is 17.0 Å². The molecule has 2 N–H and O–H groups in total. The van der Waals surface area contributed by atoms with Crippen LogP contribution < -0.4 is 10.5 Å². The van der Waals surface area contributed by atoms with Crippen molar-refractivity contribution in [1.82, 2.24) is 9.38 Å². The monoisotopic (exact) mass is 329 g/mol. The molecule has 0 aliphatic rings. The number of fused-ring (bicyclic) bond motifs is 1. The van der Waals surface area contributed by atoms with Gasteiger partial charge in [-0.15, -0.1) is 11.3 Å². The number of nitrogens with two attached hydrogens (primary N) is 1. The lowest BCUT2D eigenvalue weighted by molar-refractivity contribution is 0.412. The molecule has 0 unspecified atom stereocenters. The van der Waals surface area contributed by atoms with Gasteiger partial charge in [-0.1, -0.05) is 13.8 Å². The lowest BCUT2D eigenvalue weighted by atomic mass is 10.1. The van der Waals surface area contributed by atoms with Crippen LogP contribution in [0.2, 0.25) is 0 Å². The summed E-state index contributed by atoms with van der Waals surface area (Å²) in [6, 6.07) is 6.30. The highest BCUT2D eigenvalue weighted by Gasteiger charge is 2.19. The van der Waals surface area contributed by atoms with Crippen LogP contribution in [0.5, 0.6) is 5.75 Å². The minimum Gasteiger partial charge on any atom is -0.496 e. The highest BCUT2D eigenvalue weighted by atomic mass is 32.1. The fourth-order valence-electron chi connectivity index (χ4n) is 3.01. The minimum absolute atomic E-state index is 0.397. The first kappa shape index (κ1) is 16.0. The van der Waals surface area contributed by atoms with Crippen molar-refractivity contribution in [2.24, 2.45) is 5.73 Å². The average molecular weight is 329 g/mol. The Hall–Kier alpha value is -1.85. The Morgan fingerprint density at radius 3 is 2.74 bits per heavy atom. The molecule has 0 atom stereocenters. The number of rotatable bonds is 5. The summed E-state index contributed by atoms with van der Waals surface area (Å²) in [5.41, 5.74) is 11.7. The average Bonchev–Trinajstić information content (AvgIpc) is 3.08. The third kappa shape index (κ3) is 2.75. The van der Waals surface area contributed by atoms with Gasteiger partial charge in [0.2, 0.25) is 0 Å². The van der Waals surface area contributed by atoms with Crippen LogP contribution in [-0.2, 0) is 6.42 Å². The number of thiazole rings is 1. The van der Waals surface area contributed by atoms with Crippen molar-refractivity contribution in [3.05, 3.63) is 40.5 Å². The van der Waals surface area contributed by atoms with Gasteiger partial charge in [-0.25, -0.2) is 4.98 Å². The van der Waals surface area contributed by atoms with Crippen LogP contribution >= 0.6 is 11.3 Å². The maximum Gasteiger partial charge on any atom is 0.194 e. The molecule has 0 bridgehead atoms. The van der Waals surface area contributed by atoms with E-state index >= 15 is 0 Å². The Balaban J connectivity index is 2.20. The number of ether oxygens (including phenoxy) is 1. The molecule has 3 aromatic rings. The second-order valence-electron chi connectivity index (χ2n) is 6.06. The maximum atomic E-state index is 5.85. The standard InChI is InChI=1S/C18H23N3OS/c1-11(2)17-14(7-8-19)21-15(10-23-18(21)20-17)13-5-6-16(22-4)12(3)9-13/h5-6,9-11H,7-8,19H2,1-4H3. The quantitative estimate of drug-likeness (QED) is 0.769. The fraction of sp³-hybridized carbons (Fsp3) is 0.389. The number of hydrogen-bond acceptors (Lipinski definition) is 4. The van der Waals surface area contributed by atoms with E-state index in [2.05, 4.69) is 42.7 Å². The second-order valence-corrected chi connectivity index (χ2v) is 6.90. The van der Waals surface area contributed by atoms with Crippen molar-refractivity contribution in [1.29, 1.82) is 0 Å². The third-order valence-electron chi connectivity index (χ3n) is 4.11. The molecule has 0 radical (unpaired) electrons. The molecular weight excluding hydrogens is 306 g/mol. The first-order valence-corrected chi connectivity index (χ1v) is 8.78. The first-order valence-electron chi connectivity index (χ1n) is 7.90. The molecule has 5 heteroatoms. The van der Waals surface area contributed by atoms with Gasteiger partial charge in [0.15, 0.2) is 4.96 Å². The van der Waals surface area contributed by atoms with Crippen LogP contribution in [0.3, 0.4) is 0 Å². The number of benzene rings is 1. The van der Waals surface area contributed by atoms with Crippen molar-refractivity contribution in [3.8, 4) is 17.0 Å². The van der Waals surface area contributed by atoms with Gasteiger partial charge < -0.3 is 10.5 Å². The Kier molecular flexibility index (Phi) is 4.41. The van der Waals surface area contributed by atoms with Gasteiger partial charge in [0.25, 0.3) is 0 Å². The van der Waals surface area contributed by atoms with Crippen molar-refractivity contribution in [2.75, 3.05) is 13.7 Å². The number of aryl methyl sites for hydroxylation is 1. The van der Waals surface area contributed by atoms with E-state index in [9.17, 15) is 0 Å².